The van der Waals surface area contributed by atoms with Crippen molar-refractivity contribution >= 4 is 34.1 Å². The second kappa shape index (κ2) is 7.79. The highest BCUT2D eigenvalue weighted by atomic mass is 19.3. The highest BCUT2D eigenvalue weighted by Gasteiger charge is 2.44. The Kier molecular flexibility index (Phi) is 5.17. The third-order valence-electron chi connectivity index (χ3n) is 5.15. The average Bonchev–Trinajstić information content (AvgIpc) is 2.71. The fourth-order valence-corrected chi connectivity index (χ4v) is 3.57. The predicted octanol–water partition coefficient (Wildman–Crippen LogP) is 2.79. The molecule has 0 aliphatic heterocycles. The number of nitrogens with two attached hydrogens (primary N) is 2. The molecule has 30 heavy (non-hydrogen) atoms. The van der Waals surface area contributed by atoms with Crippen LogP contribution < -0.4 is 22.1 Å². The van der Waals surface area contributed by atoms with Crippen molar-refractivity contribution in [1.82, 2.24) is 15.0 Å². The second-order valence-corrected chi connectivity index (χ2v) is 7.28. The maximum absolute atomic E-state index is 13.9. The van der Waals surface area contributed by atoms with Crippen molar-refractivity contribution < 1.29 is 13.6 Å². The van der Waals surface area contributed by atoms with E-state index in [1.165, 1.54) is 6.20 Å². The van der Waals surface area contributed by atoms with Gasteiger partial charge in [-0.25, -0.2) is 18.7 Å². The first kappa shape index (κ1) is 19.9. The van der Waals surface area contributed by atoms with E-state index in [2.05, 4.69) is 25.6 Å². The molecule has 4 rings (SSSR count). The van der Waals surface area contributed by atoms with E-state index in [9.17, 15) is 13.6 Å². The molecule has 2 heterocycles. The Hall–Kier alpha value is -3.40. The van der Waals surface area contributed by atoms with Gasteiger partial charge in [0, 0.05) is 29.7 Å². The maximum Gasteiger partial charge on any atom is 0.271 e. The summed E-state index contributed by atoms with van der Waals surface area (Å²) in [5, 5.41) is 6.85. The van der Waals surface area contributed by atoms with Crippen LogP contribution in [-0.2, 0) is 0 Å². The maximum atomic E-state index is 13.9. The summed E-state index contributed by atoms with van der Waals surface area (Å²) in [6.45, 7) is 0. The first-order chi connectivity index (χ1) is 14.3. The lowest BCUT2D eigenvalue weighted by molar-refractivity contribution is -0.0554. The first-order valence-corrected chi connectivity index (χ1v) is 9.52. The van der Waals surface area contributed by atoms with Crippen LogP contribution in [0, 0.1) is 0 Å². The van der Waals surface area contributed by atoms with Gasteiger partial charge >= 0.3 is 0 Å². The number of alkyl halides is 2. The largest absolute Gasteiger partial charge is 0.364 e. The van der Waals surface area contributed by atoms with Crippen LogP contribution in [-0.4, -0.2) is 38.9 Å². The Bertz CT molecular complexity index is 1090. The molecule has 1 amide bonds. The summed E-state index contributed by atoms with van der Waals surface area (Å²) >= 11 is 0. The topological polar surface area (TPSA) is 132 Å². The van der Waals surface area contributed by atoms with Gasteiger partial charge in [0.2, 0.25) is 0 Å². The number of primary amides is 1. The smallest absolute Gasteiger partial charge is 0.271 e. The van der Waals surface area contributed by atoms with Crippen molar-refractivity contribution in [1.29, 1.82) is 0 Å². The van der Waals surface area contributed by atoms with Gasteiger partial charge in [-0.15, -0.1) is 0 Å². The first-order valence-electron chi connectivity index (χ1n) is 9.52. The number of nitrogens with one attached hydrogen (secondary N) is 2. The standard InChI is InChI=1S/C20H21F2N7O/c21-20(22)7-1-4-14(17(20)23)28-15-10-26-16(18(24)30)19(29-15)27-12-5-6-13-11(9-12)3-2-8-25-13/h2-3,5-6,8-10,14,17H,1,4,7,23H2,(H2,24,30)(H2,27,28,29)/t14-,17-/m1/s1. The number of hydrogen-bond donors (Lipinski definition) is 4. The fourth-order valence-electron chi connectivity index (χ4n) is 3.57. The summed E-state index contributed by atoms with van der Waals surface area (Å²) in [6, 6.07) is 7.15. The van der Waals surface area contributed by atoms with Crippen LogP contribution in [0.25, 0.3) is 10.9 Å². The highest BCUT2D eigenvalue weighted by Crippen LogP contribution is 2.34. The molecule has 0 bridgehead atoms. The van der Waals surface area contributed by atoms with E-state index in [0.717, 1.165) is 10.9 Å². The highest BCUT2D eigenvalue weighted by molar-refractivity contribution is 5.96. The molecule has 0 saturated heterocycles. The van der Waals surface area contributed by atoms with E-state index in [1.807, 2.05) is 24.3 Å². The molecule has 8 nitrogen and oxygen atoms in total. The minimum atomic E-state index is -2.95. The molecular weight excluding hydrogens is 392 g/mol. The number of hydrogen-bond acceptors (Lipinski definition) is 7. The van der Waals surface area contributed by atoms with Crippen LogP contribution in [0.5, 0.6) is 0 Å². The normalized spacial score (nSPS) is 20.6. The molecule has 1 saturated carbocycles. The molecule has 1 fully saturated rings. The number of pyridine rings is 1. The monoisotopic (exact) mass is 413 g/mol. The zero-order valence-electron chi connectivity index (χ0n) is 16.0. The summed E-state index contributed by atoms with van der Waals surface area (Å²) < 4.78 is 27.9. The number of halogens is 2. The molecule has 156 valence electrons. The third kappa shape index (κ3) is 3.99. The van der Waals surface area contributed by atoms with Crippen molar-refractivity contribution in [3.05, 3.63) is 48.4 Å². The summed E-state index contributed by atoms with van der Waals surface area (Å²) in [4.78, 5) is 24.5. The lowest BCUT2D eigenvalue weighted by Crippen LogP contribution is -2.55. The summed E-state index contributed by atoms with van der Waals surface area (Å²) in [7, 11) is 0. The molecule has 0 unspecified atom stereocenters. The Labute approximate surface area is 171 Å². The van der Waals surface area contributed by atoms with Gasteiger partial charge in [0.1, 0.15) is 5.82 Å². The van der Waals surface area contributed by atoms with Gasteiger partial charge in [0.05, 0.1) is 17.8 Å². The van der Waals surface area contributed by atoms with E-state index >= 15 is 0 Å². The van der Waals surface area contributed by atoms with Gasteiger partial charge in [0.15, 0.2) is 11.5 Å². The summed E-state index contributed by atoms with van der Waals surface area (Å²) in [6.07, 6.45) is 3.58. The molecule has 3 aromatic rings. The van der Waals surface area contributed by atoms with Crippen molar-refractivity contribution in [2.75, 3.05) is 10.6 Å². The number of carbonyl (C=O) groups is 1. The Balaban J connectivity index is 1.62. The molecule has 1 aliphatic carbocycles. The number of benzene rings is 1. The number of carbonyl (C=O) groups excluding carboxylic acids is 1. The summed E-state index contributed by atoms with van der Waals surface area (Å²) in [5.74, 6) is -3.37. The van der Waals surface area contributed by atoms with E-state index in [-0.39, 0.29) is 23.8 Å². The molecular formula is C20H21F2N7O. The van der Waals surface area contributed by atoms with Crippen molar-refractivity contribution in [2.45, 2.75) is 37.3 Å². The predicted molar refractivity (Wildman–Crippen MR) is 110 cm³/mol. The van der Waals surface area contributed by atoms with E-state index in [4.69, 9.17) is 11.5 Å². The SMILES string of the molecule is NC(=O)c1ncc(N[C@@H]2CCCC(F)(F)[C@@H]2N)nc1Nc1ccc2ncccc2c1. The number of fused-ring (bicyclic) bond motifs is 1. The number of amides is 1. The van der Waals surface area contributed by atoms with E-state index in [1.54, 1.807) is 12.3 Å². The zero-order chi connectivity index (χ0) is 21.3. The van der Waals surface area contributed by atoms with Gasteiger partial charge in [-0.1, -0.05) is 6.07 Å². The van der Waals surface area contributed by atoms with Crippen LogP contribution >= 0.6 is 0 Å². The third-order valence-corrected chi connectivity index (χ3v) is 5.15. The van der Waals surface area contributed by atoms with Crippen molar-refractivity contribution in [3.8, 4) is 0 Å². The lowest BCUT2D eigenvalue weighted by atomic mass is 9.87. The van der Waals surface area contributed by atoms with E-state index in [0.29, 0.717) is 18.5 Å². The molecule has 6 N–H and O–H groups in total. The second-order valence-electron chi connectivity index (χ2n) is 7.28. The number of rotatable bonds is 5. The summed E-state index contributed by atoms with van der Waals surface area (Å²) in [5.41, 5.74) is 12.6. The molecule has 2 aromatic heterocycles. The minimum Gasteiger partial charge on any atom is -0.364 e. The van der Waals surface area contributed by atoms with Crippen molar-refractivity contribution in [2.24, 2.45) is 11.5 Å². The average molecular weight is 413 g/mol. The zero-order valence-corrected chi connectivity index (χ0v) is 16.0. The molecule has 10 heteroatoms. The number of nitrogens with zero attached hydrogens (tertiary/aromatic N) is 3. The Morgan fingerprint density at radius 1 is 1.23 bits per heavy atom. The number of aromatic nitrogens is 3. The molecule has 0 radical (unpaired) electrons. The van der Waals surface area contributed by atoms with E-state index < -0.39 is 23.9 Å². The molecule has 1 aromatic carbocycles. The van der Waals surface area contributed by atoms with Crippen LogP contribution in [0.2, 0.25) is 0 Å². The fraction of sp³-hybridized carbons (Fsp3) is 0.300. The van der Waals surface area contributed by atoms with Gasteiger partial charge in [-0.2, -0.15) is 0 Å². The Morgan fingerprint density at radius 3 is 2.87 bits per heavy atom. The van der Waals surface area contributed by atoms with Gasteiger partial charge in [0.25, 0.3) is 11.8 Å². The molecule has 0 spiro atoms. The van der Waals surface area contributed by atoms with Crippen LogP contribution in [0.1, 0.15) is 29.8 Å². The van der Waals surface area contributed by atoms with Gasteiger partial charge in [-0.05, 0) is 37.1 Å². The van der Waals surface area contributed by atoms with Gasteiger partial charge < -0.3 is 22.1 Å². The Morgan fingerprint density at radius 2 is 2.07 bits per heavy atom. The quantitative estimate of drug-likeness (QED) is 0.506. The van der Waals surface area contributed by atoms with Crippen molar-refractivity contribution in [3.63, 3.8) is 0 Å². The number of anilines is 3. The van der Waals surface area contributed by atoms with Crippen LogP contribution in [0.3, 0.4) is 0 Å². The molecule has 1 aliphatic rings. The van der Waals surface area contributed by atoms with Gasteiger partial charge in [-0.3, -0.25) is 9.78 Å². The molecule has 2 atom stereocenters. The van der Waals surface area contributed by atoms with Crippen LogP contribution in [0.4, 0.5) is 26.1 Å². The minimum absolute atomic E-state index is 0.0647. The lowest BCUT2D eigenvalue weighted by Gasteiger charge is -2.36. The van der Waals surface area contributed by atoms with Crippen LogP contribution in [0.15, 0.2) is 42.7 Å².